The monoisotopic (exact) mass is 235 g/mol. The van der Waals surface area contributed by atoms with Crippen molar-refractivity contribution in [3.05, 3.63) is 35.4 Å². The zero-order chi connectivity index (χ0) is 12.8. The van der Waals surface area contributed by atoms with Gasteiger partial charge in [-0.1, -0.05) is 29.8 Å². The summed E-state index contributed by atoms with van der Waals surface area (Å²) in [5.41, 5.74) is 7.11. The molecule has 1 aromatic carbocycles. The van der Waals surface area contributed by atoms with E-state index in [1.807, 2.05) is 36.5 Å². The van der Waals surface area contributed by atoms with Crippen molar-refractivity contribution in [3.8, 4) is 0 Å². The predicted octanol–water partition coefficient (Wildman–Crippen LogP) is 0.668. The van der Waals surface area contributed by atoms with Gasteiger partial charge in [-0.15, -0.1) is 0 Å². The Morgan fingerprint density at radius 3 is 2.71 bits per heavy atom. The Labute approximate surface area is 100 Å². The Kier molecular flexibility index (Phi) is 4.66. The van der Waals surface area contributed by atoms with E-state index in [1.54, 1.807) is 6.92 Å². The second kappa shape index (κ2) is 6.00. The summed E-state index contributed by atoms with van der Waals surface area (Å²) in [5.74, 6) is -0.426. The van der Waals surface area contributed by atoms with E-state index in [4.69, 9.17) is 5.73 Å². The molecule has 1 atom stereocenters. The van der Waals surface area contributed by atoms with E-state index in [1.165, 1.54) is 5.56 Å². The van der Waals surface area contributed by atoms with E-state index in [0.29, 0.717) is 6.54 Å². The van der Waals surface area contributed by atoms with Gasteiger partial charge in [0.1, 0.15) is 0 Å². The van der Waals surface area contributed by atoms with Gasteiger partial charge in [-0.05, 0) is 19.4 Å². The van der Waals surface area contributed by atoms with E-state index in [9.17, 15) is 9.59 Å². The summed E-state index contributed by atoms with van der Waals surface area (Å²) >= 11 is 0. The lowest BCUT2D eigenvalue weighted by Gasteiger charge is -2.12. The van der Waals surface area contributed by atoms with Crippen LogP contribution in [0.1, 0.15) is 18.1 Å². The molecular formula is C12H17N3O2. The number of hydrogen-bond donors (Lipinski definition) is 3. The molecule has 0 heterocycles. The molecule has 0 bridgehead atoms. The van der Waals surface area contributed by atoms with Crippen molar-refractivity contribution in [2.24, 2.45) is 5.73 Å². The second-order valence-corrected chi connectivity index (χ2v) is 3.95. The van der Waals surface area contributed by atoms with Gasteiger partial charge in [0.2, 0.25) is 5.91 Å². The van der Waals surface area contributed by atoms with E-state index in [-0.39, 0.29) is 0 Å². The molecule has 0 fully saturated rings. The number of rotatable bonds is 4. The predicted molar refractivity (Wildman–Crippen MR) is 65.2 cm³/mol. The molecule has 1 unspecified atom stereocenters. The van der Waals surface area contributed by atoms with Crippen LogP contribution < -0.4 is 16.4 Å². The topological polar surface area (TPSA) is 84.2 Å². The van der Waals surface area contributed by atoms with Crippen LogP contribution in [0.2, 0.25) is 0 Å². The molecule has 0 saturated carbocycles. The van der Waals surface area contributed by atoms with Crippen molar-refractivity contribution in [3.63, 3.8) is 0 Å². The zero-order valence-electron chi connectivity index (χ0n) is 9.99. The van der Waals surface area contributed by atoms with Gasteiger partial charge in [0, 0.05) is 6.54 Å². The lowest BCUT2D eigenvalue weighted by Crippen LogP contribution is -2.46. The van der Waals surface area contributed by atoms with Crippen LogP contribution in [-0.2, 0) is 11.3 Å². The lowest BCUT2D eigenvalue weighted by atomic mass is 10.1. The van der Waals surface area contributed by atoms with Crippen LogP contribution in [0.15, 0.2) is 24.3 Å². The van der Waals surface area contributed by atoms with Gasteiger partial charge < -0.3 is 11.1 Å². The highest BCUT2D eigenvalue weighted by molar-refractivity contribution is 5.96. The van der Waals surface area contributed by atoms with Gasteiger partial charge in [-0.3, -0.25) is 10.1 Å². The van der Waals surface area contributed by atoms with E-state index in [0.717, 1.165) is 5.56 Å². The largest absolute Gasteiger partial charge is 0.351 e. The Balaban J connectivity index is 2.45. The smallest absolute Gasteiger partial charge is 0.318 e. The van der Waals surface area contributed by atoms with Crippen LogP contribution in [0.5, 0.6) is 0 Å². The number of primary amides is 1. The number of hydrogen-bond acceptors (Lipinski definition) is 3. The fraction of sp³-hybridized carbons (Fsp3) is 0.333. The van der Waals surface area contributed by atoms with Crippen molar-refractivity contribution >= 4 is 11.9 Å². The first-order chi connectivity index (χ1) is 7.99. The molecule has 1 aromatic rings. The normalized spacial score (nSPS) is 11.9. The Morgan fingerprint density at radius 1 is 1.41 bits per heavy atom. The van der Waals surface area contributed by atoms with Gasteiger partial charge in [0.05, 0.1) is 6.04 Å². The molecule has 0 aliphatic carbocycles. The van der Waals surface area contributed by atoms with Crippen molar-refractivity contribution < 1.29 is 9.59 Å². The molecule has 1 rings (SSSR count). The van der Waals surface area contributed by atoms with Crippen LogP contribution in [0.3, 0.4) is 0 Å². The third-order valence-electron chi connectivity index (χ3n) is 2.33. The lowest BCUT2D eigenvalue weighted by molar-refractivity contribution is -0.121. The van der Waals surface area contributed by atoms with Gasteiger partial charge >= 0.3 is 6.03 Å². The summed E-state index contributed by atoms with van der Waals surface area (Å²) in [6, 6.07) is 6.67. The van der Waals surface area contributed by atoms with Crippen LogP contribution in [0.25, 0.3) is 0 Å². The first-order valence-corrected chi connectivity index (χ1v) is 5.38. The number of nitrogens with two attached hydrogens (primary N) is 1. The first kappa shape index (κ1) is 13.2. The summed E-state index contributed by atoms with van der Waals surface area (Å²) in [4.78, 5) is 21.9. The van der Waals surface area contributed by atoms with Gasteiger partial charge in [0.25, 0.3) is 0 Å². The number of carbonyl (C=O) groups excluding carboxylic acids is 2. The summed E-state index contributed by atoms with van der Waals surface area (Å²) in [7, 11) is 0. The maximum atomic E-state index is 11.4. The van der Waals surface area contributed by atoms with Crippen LogP contribution in [-0.4, -0.2) is 18.0 Å². The second-order valence-electron chi connectivity index (χ2n) is 3.95. The highest BCUT2D eigenvalue weighted by atomic mass is 16.2. The maximum Gasteiger partial charge on any atom is 0.318 e. The van der Waals surface area contributed by atoms with Crippen molar-refractivity contribution in [1.82, 2.24) is 10.6 Å². The Morgan fingerprint density at radius 2 is 2.12 bits per heavy atom. The summed E-state index contributed by atoms with van der Waals surface area (Å²) < 4.78 is 0. The van der Waals surface area contributed by atoms with Crippen molar-refractivity contribution in [1.29, 1.82) is 0 Å². The fourth-order valence-corrected chi connectivity index (χ4v) is 1.42. The minimum absolute atomic E-state index is 0.426. The standard InChI is InChI=1S/C12H17N3O2/c1-8-4-3-5-10(6-8)7-14-9(2)11(16)15-12(13)17/h3-6,9,14H,7H2,1-2H3,(H3,13,15,16,17). The highest BCUT2D eigenvalue weighted by Crippen LogP contribution is 2.03. The molecule has 92 valence electrons. The summed E-state index contributed by atoms with van der Waals surface area (Å²) in [6.07, 6.45) is 0. The van der Waals surface area contributed by atoms with Crippen LogP contribution in [0, 0.1) is 6.92 Å². The highest BCUT2D eigenvalue weighted by Gasteiger charge is 2.13. The third kappa shape index (κ3) is 4.65. The molecule has 0 aromatic heterocycles. The number of imide groups is 1. The van der Waals surface area contributed by atoms with Crippen LogP contribution in [0.4, 0.5) is 4.79 Å². The number of amides is 3. The fourth-order valence-electron chi connectivity index (χ4n) is 1.42. The maximum absolute atomic E-state index is 11.4. The van der Waals surface area contributed by atoms with E-state index in [2.05, 4.69) is 5.32 Å². The molecule has 5 nitrogen and oxygen atoms in total. The molecule has 0 spiro atoms. The average Bonchev–Trinajstić information content (AvgIpc) is 2.25. The number of benzene rings is 1. The van der Waals surface area contributed by atoms with E-state index >= 15 is 0 Å². The molecule has 0 radical (unpaired) electrons. The Bertz CT molecular complexity index is 418. The summed E-state index contributed by atoms with van der Waals surface area (Å²) in [6.45, 7) is 4.25. The van der Waals surface area contributed by atoms with E-state index < -0.39 is 18.0 Å². The molecule has 4 N–H and O–H groups in total. The quantitative estimate of drug-likeness (QED) is 0.717. The number of urea groups is 1. The molecule has 17 heavy (non-hydrogen) atoms. The van der Waals surface area contributed by atoms with Crippen molar-refractivity contribution in [2.45, 2.75) is 26.4 Å². The number of aryl methyl sites for hydroxylation is 1. The number of carbonyl (C=O) groups is 2. The van der Waals surface area contributed by atoms with Crippen molar-refractivity contribution in [2.75, 3.05) is 0 Å². The minimum Gasteiger partial charge on any atom is -0.351 e. The van der Waals surface area contributed by atoms with Gasteiger partial charge in [0.15, 0.2) is 0 Å². The molecule has 0 aliphatic heterocycles. The molecule has 0 aliphatic rings. The summed E-state index contributed by atoms with van der Waals surface area (Å²) in [5, 5.41) is 5.04. The molecule has 5 heteroatoms. The van der Waals surface area contributed by atoms with Gasteiger partial charge in [-0.25, -0.2) is 4.79 Å². The molecule has 3 amide bonds. The zero-order valence-corrected chi connectivity index (χ0v) is 9.99. The third-order valence-corrected chi connectivity index (χ3v) is 2.33. The first-order valence-electron chi connectivity index (χ1n) is 5.38. The number of nitrogens with one attached hydrogen (secondary N) is 2. The average molecular weight is 235 g/mol. The van der Waals surface area contributed by atoms with Crippen LogP contribution >= 0.6 is 0 Å². The van der Waals surface area contributed by atoms with Gasteiger partial charge in [-0.2, -0.15) is 0 Å². The SMILES string of the molecule is Cc1cccc(CNC(C)C(=O)NC(N)=O)c1. The minimum atomic E-state index is -0.834. The Hall–Kier alpha value is -1.88. The molecular weight excluding hydrogens is 218 g/mol. The molecule has 0 saturated heterocycles.